The van der Waals surface area contributed by atoms with Crippen molar-refractivity contribution >= 4 is 11.8 Å². The normalized spacial score (nSPS) is 25.2. The fourth-order valence-electron chi connectivity index (χ4n) is 1.95. The standard InChI is InChI=1S/C8H12N2O2/c11-7-8(12)10(5-9-7)6-3-1-2-4-6/h6H,1-5H2,(H,9,11). The highest BCUT2D eigenvalue weighted by molar-refractivity contribution is 6.36. The van der Waals surface area contributed by atoms with E-state index < -0.39 is 5.91 Å². The number of carbonyl (C=O) groups excluding carboxylic acids is 2. The van der Waals surface area contributed by atoms with Crippen molar-refractivity contribution in [3.05, 3.63) is 0 Å². The molecule has 12 heavy (non-hydrogen) atoms. The number of rotatable bonds is 1. The second-order valence-electron chi connectivity index (χ2n) is 3.38. The molecule has 1 aliphatic carbocycles. The number of hydrogen-bond acceptors (Lipinski definition) is 2. The number of carbonyl (C=O) groups is 2. The molecule has 4 nitrogen and oxygen atoms in total. The first-order valence-corrected chi connectivity index (χ1v) is 4.38. The van der Waals surface area contributed by atoms with Crippen molar-refractivity contribution in [1.82, 2.24) is 10.2 Å². The molecule has 0 radical (unpaired) electrons. The van der Waals surface area contributed by atoms with Crippen LogP contribution in [0, 0.1) is 0 Å². The molecule has 2 rings (SSSR count). The van der Waals surface area contributed by atoms with E-state index in [1.54, 1.807) is 4.90 Å². The van der Waals surface area contributed by atoms with Crippen molar-refractivity contribution < 1.29 is 9.59 Å². The summed E-state index contributed by atoms with van der Waals surface area (Å²) < 4.78 is 0. The minimum Gasteiger partial charge on any atom is -0.330 e. The van der Waals surface area contributed by atoms with Gasteiger partial charge in [-0.15, -0.1) is 0 Å². The van der Waals surface area contributed by atoms with Crippen molar-refractivity contribution in [2.75, 3.05) is 6.67 Å². The van der Waals surface area contributed by atoms with Crippen LogP contribution in [0.5, 0.6) is 0 Å². The fraction of sp³-hybridized carbons (Fsp3) is 0.750. The van der Waals surface area contributed by atoms with Gasteiger partial charge in [0, 0.05) is 6.04 Å². The summed E-state index contributed by atoms with van der Waals surface area (Å²) >= 11 is 0. The van der Waals surface area contributed by atoms with Crippen LogP contribution in [0.15, 0.2) is 0 Å². The number of amides is 2. The zero-order valence-electron chi connectivity index (χ0n) is 6.88. The van der Waals surface area contributed by atoms with Crippen LogP contribution in [0.4, 0.5) is 0 Å². The van der Waals surface area contributed by atoms with Crippen LogP contribution in [0.3, 0.4) is 0 Å². The Labute approximate surface area is 70.9 Å². The average molecular weight is 168 g/mol. The van der Waals surface area contributed by atoms with Crippen LogP contribution in [-0.4, -0.2) is 29.4 Å². The number of hydrogen-bond donors (Lipinski definition) is 1. The second kappa shape index (κ2) is 2.77. The molecule has 0 unspecified atom stereocenters. The molecule has 4 heteroatoms. The van der Waals surface area contributed by atoms with Gasteiger partial charge in [0.05, 0.1) is 6.67 Å². The van der Waals surface area contributed by atoms with Crippen LogP contribution in [0.2, 0.25) is 0 Å². The van der Waals surface area contributed by atoms with E-state index in [0.29, 0.717) is 12.7 Å². The molecule has 0 spiro atoms. The Bertz CT molecular complexity index is 221. The third-order valence-corrected chi connectivity index (χ3v) is 2.63. The molecule has 1 N–H and O–H groups in total. The lowest BCUT2D eigenvalue weighted by Crippen LogP contribution is -2.35. The van der Waals surface area contributed by atoms with E-state index in [2.05, 4.69) is 5.32 Å². The highest BCUT2D eigenvalue weighted by Gasteiger charge is 2.35. The molecule has 1 saturated carbocycles. The van der Waals surface area contributed by atoms with Gasteiger partial charge in [-0.25, -0.2) is 0 Å². The summed E-state index contributed by atoms with van der Waals surface area (Å²) in [6.07, 6.45) is 4.48. The Balaban J connectivity index is 2.04. The molecule has 2 aliphatic rings. The van der Waals surface area contributed by atoms with Crippen LogP contribution < -0.4 is 5.32 Å². The molecule has 0 atom stereocenters. The SMILES string of the molecule is O=C1NCN(C2CCCC2)C1=O. The van der Waals surface area contributed by atoms with Crippen molar-refractivity contribution in [3.63, 3.8) is 0 Å². The average Bonchev–Trinajstić information content (AvgIpc) is 2.64. The highest BCUT2D eigenvalue weighted by Crippen LogP contribution is 2.24. The zero-order chi connectivity index (χ0) is 8.55. The van der Waals surface area contributed by atoms with Crippen LogP contribution >= 0.6 is 0 Å². The van der Waals surface area contributed by atoms with E-state index in [1.807, 2.05) is 0 Å². The second-order valence-corrected chi connectivity index (χ2v) is 3.38. The summed E-state index contributed by atoms with van der Waals surface area (Å²) in [5.74, 6) is -0.788. The van der Waals surface area contributed by atoms with Crippen molar-refractivity contribution in [1.29, 1.82) is 0 Å². The van der Waals surface area contributed by atoms with E-state index in [0.717, 1.165) is 12.8 Å². The lowest BCUT2D eigenvalue weighted by Gasteiger charge is -2.20. The summed E-state index contributed by atoms with van der Waals surface area (Å²) in [6, 6.07) is 0.316. The molecule has 66 valence electrons. The molecule has 1 heterocycles. The Morgan fingerprint density at radius 3 is 2.42 bits per heavy atom. The highest BCUT2D eigenvalue weighted by atomic mass is 16.2. The molecule has 0 aromatic carbocycles. The topological polar surface area (TPSA) is 49.4 Å². The van der Waals surface area contributed by atoms with Gasteiger partial charge < -0.3 is 10.2 Å². The maximum atomic E-state index is 11.2. The maximum absolute atomic E-state index is 11.2. The lowest BCUT2D eigenvalue weighted by molar-refractivity contribution is -0.141. The first-order chi connectivity index (χ1) is 5.79. The van der Waals surface area contributed by atoms with Gasteiger partial charge in [0.15, 0.2) is 0 Å². The quantitative estimate of drug-likeness (QED) is 0.553. The summed E-state index contributed by atoms with van der Waals surface area (Å²) in [5, 5.41) is 2.53. The van der Waals surface area contributed by atoms with Gasteiger partial charge in [0.1, 0.15) is 0 Å². The van der Waals surface area contributed by atoms with E-state index in [1.165, 1.54) is 12.8 Å². The molecule has 0 aromatic rings. The van der Waals surface area contributed by atoms with E-state index in [-0.39, 0.29) is 5.91 Å². The van der Waals surface area contributed by atoms with Gasteiger partial charge in [-0.2, -0.15) is 0 Å². The predicted octanol–water partition coefficient (Wildman–Crippen LogP) is -0.155. The summed E-state index contributed by atoms with van der Waals surface area (Å²) in [6.45, 7) is 0.419. The Hall–Kier alpha value is -1.06. The molecule has 1 aliphatic heterocycles. The molecule has 1 saturated heterocycles. The van der Waals surface area contributed by atoms with Crippen LogP contribution in [0.1, 0.15) is 25.7 Å². The van der Waals surface area contributed by atoms with Crippen molar-refractivity contribution in [2.24, 2.45) is 0 Å². The molecule has 0 bridgehead atoms. The third-order valence-electron chi connectivity index (χ3n) is 2.63. The molecular weight excluding hydrogens is 156 g/mol. The van der Waals surface area contributed by atoms with Crippen LogP contribution in [0.25, 0.3) is 0 Å². The first kappa shape index (κ1) is 7.58. The maximum Gasteiger partial charge on any atom is 0.313 e. The van der Waals surface area contributed by atoms with Gasteiger partial charge in [-0.05, 0) is 12.8 Å². The molecule has 0 aromatic heterocycles. The third kappa shape index (κ3) is 1.07. The van der Waals surface area contributed by atoms with Gasteiger partial charge >= 0.3 is 11.8 Å². The first-order valence-electron chi connectivity index (χ1n) is 4.38. The monoisotopic (exact) mass is 168 g/mol. The van der Waals surface area contributed by atoms with Gasteiger partial charge in [-0.3, -0.25) is 9.59 Å². The zero-order valence-corrected chi connectivity index (χ0v) is 6.88. The summed E-state index contributed by atoms with van der Waals surface area (Å²) in [5.41, 5.74) is 0. The Kier molecular flexibility index (Phi) is 1.75. The minimum absolute atomic E-state index is 0.316. The lowest BCUT2D eigenvalue weighted by atomic mass is 10.2. The predicted molar refractivity (Wildman–Crippen MR) is 42.1 cm³/mol. The minimum atomic E-state index is -0.443. The summed E-state index contributed by atoms with van der Waals surface area (Å²) in [7, 11) is 0. The Morgan fingerprint density at radius 1 is 1.25 bits per heavy atom. The smallest absolute Gasteiger partial charge is 0.313 e. The van der Waals surface area contributed by atoms with Crippen molar-refractivity contribution in [2.45, 2.75) is 31.7 Å². The van der Waals surface area contributed by atoms with E-state index in [4.69, 9.17) is 0 Å². The Morgan fingerprint density at radius 2 is 1.92 bits per heavy atom. The van der Waals surface area contributed by atoms with Gasteiger partial charge in [-0.1, -0.05) is 12.8 Å². The van der Waals surface area contributed by atoms with E-state index >= 15 is 0 Å². The molecule has 2 amide bonds. The number of nitrogens with zero attached hydrogens (tertiary/aromatic N) is 1. The van der Waals surface area contributed by atoms with E-state index in [9.17, 15) is 9.59 Å². The summed E-state index contributed by atoms with van der Waals surface area (Å²) in [4.78, 5) is 23.7. The molecule has 2 fully saturated rings. The largest absolute Gasteiger partial charge is 0.330 e. The fourth-order valence-corrected chi connectivity index (χ4v) is 1.95. The van der Waals surface area contributed by atoms with Crippen LogP contribution in [-0.2, 0) is 9.59 Å². The van der Waals surface area contributed by atoms with Gasteiger partial charge in [0.25, 0.3) is 0 Å². The van der Waals surface area contributed by atoms with Gasteiger partial charge in [0.2, 0.25) is 0 Å². The molecular formula is C8H12N2O2. The van der Waals surface area contributed by atoms with Crippen molar-refractivity contribution in [3.8, 4) is 0 Å². The number of nitrogens with one attached hydrogen (secondary N) is 1.